The van der Waals surface area contributed by atoms with Gasteiger partial charge < -0.3 is 15.3 Å². The van der Waals surface area contributed by atoms with Crippen molar-refractivity contribution in [2.24, 2.45) is 0 Å². The van der Waals surface area contributed by atoms with Gasteiger partial charge in [-0.2, -0.15) is 0 Å². The fourth-order valence-electron chi connectivity index (χ4n) is 5.23. The molecule has 3 N–H and O–H groups in total. The van der Waals surface area contributed by atoms with Crippen LogP contribution in [-0.2, 0) is 15.6 Å². The number of hydrogen-bond acceptors (Lipinski definition) is 2. The van der Waals surface area contributed by atoms with E-state index in [0.717, 1.165) is 32.2 Å². The molecule has 0 bridgehead atoms. The van der Waals surface area contributed by atoms with Gasteiger partial charge in [-0.3, -0.25) is 4.79 Å². The molecule has 4 heteroatoms. The summed E-state index contributed by atoms with van der Waals surface area (Å²) in [7, 11) is 2.10. The standard InChI is InChI=1S/C32H42N2O2/c1-31(2,25-17-11-13-19-27(25)33-5)23-15-7-6-9-21-29-32(3,4)26-18-12-14-20-28(26)34(29)24-16-8-10-22-30(35)36/h6-7,9,11-15,17-21,33H,8,10,16,22-24H2,1-5H3,(H,35,36)/p+1/b9-6+,15-7+,29-21+. The van der Waals surface area contributed by atoms with E-state index >= 15 is 0 Å². The van der Waals surface area contributed by atoms with Crippen LogP contribution in [0, 0.1) is 0 Å². The van der Waals surface area contributed by atoms with Crippen LogP contribution in [0.2, 0.25) is 0 Å². The minimum atomic E-state index is -0.710. The summed E-state index contributed by atoms with van der Waals surface area (Å²) >= 11 is 0. The van der Waals surface area contributed by atoms with E-state index in [4.69, 9.17) is 5.11 Å². The first-order valence-electron chi connectivity index (χ1n) is 13.2. The molecular weight excluding hydrogens is 444 g/mol. The number of hydrogen-bond donors (Lipinski definition) is 2. The van der Waals surface area contributed by atoms with Gasteiger partial charge in [0.2, 0.25) is 0 Å². The highest BCUT2D eigenvalue weighted by Gasteiger charge is 2.39. The van der Waals surface area contributed by atoms with Crippen molar-refractivity contribution in [1.29, 1.82) is 0 Å². The maximum absolute atomic E-state index is 10.8. The summed E-state index contributed by atoms with van der Waals surface area (Å²) in [6.45, 7) is 10.1. The summed E-state index contributed by atoms with van der Waals surface area (Å²) in [5.74, 6) is -0.710. The smallest absolute Gasteiger partial charge is 0.303 e. The highest BCUT2D eigenvalue weighted by Crippen LogP contribution is 2.47. The van der Waals surface area contributed by atoms with Crippen LogP contribution in [0.5, 0.6) is 0 Å². The number of carboxylic acid groups (broad SMARTS) is 1. The second-order valence-electron chi connectivity index (χ2n) is 10.8. The van der Waals surface area contributed by atoms with Crippen molar-refractivity contribution in [2.45, 2.75) is 70.6 Å². The van der Waals surface area contributed by atoms with Crippen molar-refractivity contribution in [3.63, 3.8) is 0 Å². The molecule has 0 atom stereocenters. The lowest BCUT2D eigenvalue weighted by Gasteiger charge is -2.27. The van der Waals surface area contributed by atoms with E-state index in [1.165, 1.54) is 28.2 Å². The van der Waals surface area contributed by atoms with Gasteiger partial charge in [-0.15, -0.1) is 0 Å². The van der Waals surface area contributed by atoms with Gasteiger partial charge >= 0.3 is 5.97 Å². The first kappa shape index (κ1) is 27.5. The van der Waals surface area contributed by atoms with E-state index in [9.17, 15) is 4.79 Å². The molecule has 4 nitrogen and oxygen atoms in total. The van der Waals surface area contributed by atoms with E-state index in [2.05, 4.69) is 124 Å². The zero-order valence-electron chi connectivity index (χ0n) is 22.6. The van der Waals surface area contributed by atoms with Gasteiger partial charge in [0.05, 0.1) is 7.05 Å². The highest BCUT2D eigenvalue weighted by molar-refractivity contribution is 5.70. The lowest BCUT2D eigenvalue weighted by atomic mass is 9.80. The molecule has 0 aromatic heterocycles. The Balaban J connectivity index is 1.69. The average molecular weight is 488 g/mol. The first-order chi connectivity index (χ1) is 17.2. The summed E-state index contributed by atoms with van der Waals surface area (Å²) in [6, 6.07) is 17.3. The highest BCUT2D eigenvalue weighted by atomic mass is 16.4. The summed E-state index contributed by atoms with van der Waals surface area (Å²) in [4.78, 5) is 13.3. The van der Waals surface area contributed by atoms with Crippen LogP contribution in [0.1, 0.15) is 70.9 Å². The van der Waals surface area contributed by atoms with Gasteiger partial charge in [-0.05, 0) is 48.4 Å². The molecule has 1 aliphatic heterocycles. The molecule has 1 heterocycles. The Hall–Kier alpha value is -3.11. The lowest BCUT2D eigenvalue weighted by molar-refractivity contribution is -0.540. The molecule has 1 aliphatic rings. The topological polar surface area (TPSA) is 57.2 Å². The molecular formula is C32H43N2O2+. The molecule has 36 heavy (non-hydrogen) atoms. The van der Waals surface area contributed by atoms with Gasteiger partial charge in [0, 0.05) is 35.3 Å². The quantitative estimate of drug-likeness (QED) is 0.201. The van der Waals surface area contributed by atoms with Crippen LogP contribution in [0.15, 0.2) is 84.6 Å². The van der Waals surface area contributed by atoms with Gasteiger partial charge in [-0.1, -0.05) is 94.8 Å². The minimum Gasteiger partial charge on any atom is -0.481 e. The number of nitrogens with two attached hydrogens (primary N) is 1. The Bertz CT molecular complexity index is 1120. The largest absolute Gasteiger partial charge is 0.481 e. The number of unbranched alkanes of at least 4 members (excludes halogenated alkanes) is 2. The zero-order chi connectivity index (χ0) is 26.2. The number of carbonyl (C=O) groups is 1. The van der Waals surface area contributed by atoms with E-state index in [1.807, 2.05) is 0 Å². The molecule has 192 valence electrons. The number of anilines is 1. The molecule has 0 aliphatic carbocycles. The van der Waals surface area contributed by atoms with Crippen molar-refractivity contribution in [2.75, 3.05) is 18.5 Å². The third-order valence-corrected chi connectivity index (χ3v) is 7.31. The predicted molar refractivity (Wildman–Crippen MR) is 151 cm³/mol. The van der Waals surface area contributed by atoms with Crippen LogP contribution < -0.4 is 10.2 Å². The summed E-state index contributed by atoms with van der Waals surface area (Å²) in [5, 5.41) is 11.1. The number of allylic oxidation sites excluding steroid dienone is 6. The third kappa shape index (κ3) is 6.55. The molecule has 0 spiro atoms. The van der Waals surface area contributed by atoms with Crippen LogP contribution in [0.4, 0.5) is 11.4 Å². The molecule has 0 radical (unpaired) electrons. The monoisotopic (exact) mass is 487 g/mol. The van der Waals surface area contributed by atoms with Crippen LogP contribution in [-0.4, -0.2) is 24.7 Å². The van der Waals surface area contributed by atoms with Crippen molar-refractivity contribution in [3.8, 4) is 0 Å². The maximum Gasteiger partial charge on any atom is 0.303 e. The molecule has 2 aromatic carbocycles. The van der Waals surface area contributed by atoms with E-state index in [1.54, 1.807) is 0 Å². The molecule has 0 unspecified atom stereocenters. The number of carboxylic acids is 1. The fourth-order valence-corrected chi connectivity index (χ4v) is 5.23. The molecule has 0 fully saturated rings. The Morgan fingerprint density at radius 1 is 1.00 bits per heavy atom. The molecule has 3 rings (SSSR count). The van der Waals surface area contributed by atoms with Crippen molar-refractivity contribution >= 4 is 17.3 Å². The average Bonchev–Trinajstić information content (AvgIpc) is 3.07. The van der Waals surface area contributed by atoms with Crippen LogP contribution >= 0.6 is 0 Å². The van der Waals surface area contributed by atoms with Gasteiger partial charge in [-0.25, -0.2) is 0 Å². The molecule has 0 amide bonds. The van der Waals surface area contributed by atoms with Crippen LogP contribution in [0.25, 0.3) is 0 Å². The minimum absolute atomic E-state index is 0.0679. The second kappa shape index (κ2) is 12.2. The Morgan fingerprint density at radius 3 is 2.47 bits per heavy atom. The van der Waals surface area contributed by atoms with Gasteiger partial charge in [0.25, 0.3) is 0 Å². The SMILES string of the molecule is C[NH2+]c1ccccc1C(C)(C)C/C=C/C=C/C=C1/N(CCCCCC(=O)O)c2ccccc2C1(C)C. The predicted octanol–water partition coefficient (Wildman–Crippen LogP) is 6.62. The van der Waals surface area contributed by atoms with Crippen molar-refractivity contribution in [3.05, 3.63) is 95.7 Å². The van der Waals surface area contributed by atoms with Crippen molar-refractivity contribution < 1.29 is 15.2 Å². The third-order valence-electron chi connectivity index (χ3n) is 7.31. The second-order valence-corrected chi connectivity index (χ2v) is 10.8. The number of benzene rings is 2. The molecule has 0 saturated heterocycles. The zero-order valence-corrected chi connectivity index (χ0v) is 22.6. The number of aliphatic carboxylic acids is 1. The van der Waals surface area contributed by atoms with Gasteiger partial charge in [0.15, 0.2) is 0 Å². The number of rotatable bonds is 12. The number of quaternary nitrogens is 1. The summed E-state index contributed by atoms with van der Waals surface area (Å²) < 4.78 is 0. The summed E-state index contributed by atoms with van der Waals surface area (Å²) in [5.41, 5.74) is 6.59. The molecule has 2 aromatic rings. The van der Waals surface area contributed by atoms with Gasteiger partial charge in [0.1, 0.15) is 5.69 Å². The summed E-state index contributed by atoms with van der Waals surface area (Å²) in [6.07, 6.45) is 14.8. The Kier molecular flexibility index (Phi) is 9.33. The number of nitrogens with zero attached hydrogens (tertiary/aromatic N) is 1. The fraction of sp³-hybridized carbons (Fsp3) is 0.406. The lowest BCUT2D eigenvalue weighted by Crippen LogP contribution is -2.73. The van der Waals surface area contributed by atoms with Crippen molar-refractivity contribution in [1.82, 2.24) is 0 Å². The van der Waals surface area contributed by atoms with E-state index in [-0.39, 0.29) is 17.3 Å². The Morgan fingerprint density at radius 2 is 1.72 bits per heavy atom. The van der Waals surface area contributed by atoms with Crippen LogP contribution in [0.3, 0.4) is 0 Å². The maximum atomic E-state index is 10.8. The number of para-hydroxylation sites is 2. The Labute approximate surface area is 217 Å². The molecule has 0 saturated carbocycles. The normalized spacial score (nSPS) is 16.4. The van der Waals surface area contributed by atoms with E-state index < -0.39 is 5.97 Å². The first-order valence-corrected chi connectivity index (χ1v) is 13.2. The number of fused-ring (bicyclic) bond motifs is 1. The van der Waals surface area contributed by atoms with E-state index in [0.29, 0.717) is 0 Å².